The molecular weight excluding hydrogens is 576 g/mol. The first-order valence-corrected chi connectivity index (χ1v) is 14.2. The minimum Gasteiger partial charge on any atom is -0.550 e. The quantitative estimate of drug-likeness (QED) is 0.188. The summed E-state index contributed by atoms with van der Waals surface area (Å²) in [6, 6.07) is 0. The molecular formula is C34H32N4O7-2. The number of carboxylic acid groups (broad SMARTS) is 2. The van der Waals surface area contributed by atoms with E-state index in [1.54, 1.807) is 45.9 Å². The van der Waals surface area contributed by atoms with E-state index in [-0.39, 0.29) is 48.7 Å². The molecule has 3 aromatic heterocycles. The number of ketones is 1. The van der Waals surface area contributed by atoms with E-state index in [0.717, 1.165) is 0 Å². The van der Waals surface area contributed by atoms with Gasteiger partial charge in [-0.25, -0.2) is 4.99 Å². The van der Waals surface area contributed by atoms with Crippen molar-refractivity contribution in [1.29, 1.82) is 0 Å². The van der Waals surface area contributed by atoms with Crippen molar-refractivity contribution in [2.75, 3.05) is 0 Å². The maximum atomic E-state index is 13.8. The molecule has 0 saturated heterocycles. The molecule has 0 aliphatic carbocycles. The average molecular weight is 609 g/mol. The maximum Gasteiger partial charge on any atom is 0.273 e. The summed E-state index contributed by atoms with van der Waals surface area (Å²) < 4.78 is 0. The average Bonchev–Trinajstić information content (AvgIpc) is 3.67. The highest BCUT2D eigenvalue weighted by Crippen LogP contribution is 2.26. The largest absolute Gasteiger partial charge is 0.550 e. The van der Waals surface area contributed by atoms with Gasteiger partial charge in [-0.1, -0.05) is 25.3 Å². The zero-order valence-corrected chi connectivity index (χ0v) is 25.4. The van der Waals surface area contributed by atoms with E-state index in [1.165, 1.54) is 6.08 Å². The first-order chi connectivity index (χ1) is 21.3. The van der Waals surface area contributed by atoms with Crippen molar-refractivity contribution in [3.63, 3.8) is 0 Å². The predicted molar refractivity (Wildman–Crippen MR) is 165 cm³/mol. The molecule has 11 heteroatoms. The fourth-order valence-corrected chi connectivity index (χ4v) is 5.60. The zero-order valence-electron chi connectivity index (χ0n) is 25.4. The van der Waals surface area contributed by atoms with Crippen LogP contribution in [0, 0.1) is 20.8 Å². The van der Waals surface area contributed by atoms with Gasteiger partial charge in [0, 0.05) is 45.0 Å². The summed E-state index contributed by atoms with van der Waals surface area (Å²) in [5.41, 5.74) is 5.91. The number of nitrogens with one attached hydrogen (secondary N) is 3. The number of aliphatic imine (C=N–C) groups is 1. The molecule has 11 nitrogen and oxygen atoms in total. The highest BCUT2D eigenvalue weighted by atomic mass is 16.4. The van der Waals surface area contributed by atoms with Gasteiger partial charge >= 0.3 is 0 Å². The van der Waals surface area contributed by atoms with E-state index in [9.17, 15) is 34.2 Å². The predicted octanol–water partition coefficient (Wildman–Crippen LogP) is 0.741. The molecule has 1 aliphatic rings. The Morgan fingerprint density at radius 2 is 1.38 bits per heavy atom. The van der Waals surface area contributed by atoms with Crippen LogP contribution in [0.25, 0.3) is 18.2 Å². The van der Waals surface area contributed by atoms with Crippen LogP contribution >= 0.6 is 0 Å². The molecule has 232 valence electrons. The lowest BCUT2D eigenvalue weighted by Gasteiger charge is -2.05. The first kappa shape index (κ1) is 32.3. The van der Waals surface area contributed by atoms with Gasteiger partial charge in [0.15, 0.2) is 6.29 Å². The van der Waals surface area contributed by atoms with Crippen LogP contribution in [0.15, 0.2) is 35.4 Å². The van der Waals surface area contributed by atoms with Gasteiger partial charge in [0.2, 0.25) is 5.78 Å². The molecule has 45 heavy (non-hydrogen) atoms. The van der Waals surface area contributed by atoms with E-state index < -0.39 is 17.7 Å². The Hall–Kier alpha value is -5.58. The number of aldehydes is 1. The van der Waals surface area contributed by atoms with Crippen LogP contribution in [-0.2, 0) is 27.2 Å². The molecule has 3 N–H and O–H groups in total. The number of carbonyl (C=O) groups excluding carboxylic acids is 5. The lowest BCUT2D eigenvalue weighted by atomic mass is 10.0. The minimum atomic E-state index is -1.27. The number of allylic oxidation sites excluding steroid dienone is 2. The van der Waals surface area contributed by atoms with Crippen LogP contribution in [0.5, 0.6) is 0 Å². The summed E-state index contributed by atoms with van der Waals surface area (Å²) in [7, 11) is 0. The van der Waals surface area contributed by atoms with Crippen molar-refractivity contribution in [1.82, 2.24) is 15.0 Å². The molecule has 0 aromatic carbocycles. The topological polar surface area (TPSA) is 191 Å². The summed E-state index contributed by atoms with van der Waals surface area (Å²) in [6.07, 6.45) is 6.58. The standard InChI is InChI=1S/C34H34N4O7/c1-7-20-17(4)31(37-28(20)15-39)33(44)32-18(5)23(10-12-30(42)43)27(36-32)14-26-22(9-11-29(40)41)16(3)24(35-26)13-25-21(8-2)19(6)34(45)38-25/h7-8,13-15,35-37H,1-2,9-12H2,3-6H3,(H,40,41)(H,42,43)/p-2/b24-13-,26-14-. The smallest absolute Gasteiger partial charge is 0.273 e. The van der Waals surface area contributed by atoms with Crippen molar-refractivity contribution in [2.45, 2.75) is 53.4 Å². The molecule has 0 spiro atoms. The van der Waals surface area contributed by atoms with Crippen molar-refractivity contribution in [3.05, 3.63) is 97.2 Å². The van der Waals surface area contributed by atoms with Gasteiger partial charge in [-0.2, -0.15) is 0 Å². The number of rotatable bonds is 13. The normalized spacial score (nSPS) is 13.9. The molecule has 1 aliphatic heterocycles. The van der Waals surface area contributed by atoms with Gasteiger partial charge in [-0.3, -0.25) is 14.4 Å². The number of aromatic amines is 3. The van der Waals surface area contributed by atoms with Crippen LogP contribution in [0.1, 0.15) is 85.5 Å². The monoisotopic (exact) mass is 608 g/mol. The Balaban J connectivity index is 1.94. The third-order valence-electron chi connectivity index (χ3n) is 8.12. The highest BCUT2D eigenvalue weighted by molar-refractivity contribution is 6.32. The van der Waals surface area contributed by atoms with Gasteiger partial charge in [0.1, 0.15) is 0 Å². The Morgan fingerprint density at radius 3 is 1.93 bits per heavy atom. The summed E-state index contributed by atoms with van der Waals surface area (Å²) in [5, 5.41) is 23.9. The summed E-state index contributed by atoms with van der Waals surface area (Å²) >= 11 is 0. The Labute approximate surface area is 258 Å². The van der Waals surface area contributed by atoms with Crippen LogP contribution in [0.4, 0.5) is 0 Å². The van der Waals surface area contributed by atoms with Gasteiger partial charge in [0.25, 0.3) is 5.91 Å². The van der Waals surface area contributed by atoms with Crippen molar-refractivity contribution >= 4 is 53.9 Å². The van der Waals surface area contributed by atoms with Gasteiger partial charge in [-0.15, -0.1) is 0 Å². The molecule has 0 unspecified atom stereocenters. The van der Waals surface area contributed by atoms with Crippen molar-refractivity contribution in [2.24, 2.45) is 4.99 Å². The fourth-order valence-electron chi connectivity index (χ4n) is 5.60. The van der Waals surface area contributed by atoms with E-state index >= 15 is 0 Å². The number of aromatic nitrogens is 3. The number of hydrogen-bond donors (Lipinski definition) is 3. The second kappa shape index (κ2) is 13.0. The van der Waals surface area contributed by atoms with Crippen molar-refractivity contribution < 1.29 is 34.2 Å². The summed E-state index contributed by atoms with van der Waals surface area (Å²) in [5.74, 6) is -3.32. The highest BCUT2D eigenvalue weighted by Gasteiger charge is 2.25. The Morgan fingerprint density at radius 1 is 0.778 bits per heavy atom. The first-order valence-electron chi connectivity index (χ1n) is 14.2. The zero-order chi connectivity index (χ0) is 33.2. The minimum absolute atomic E-state index is 0.0454. The molecule has 0 radical (unpaired) electrons. The van der Waals surface area contributed by atoms with E-state index in [4.69, 9.17) is 0 Å². The SMILES string of the molecule is C=CC1=C(C)C(=O)N=C1/C=c1\[nH]/c(=C\c2[nH]c(C(=O)c3[nH]c(C=O)c(C=C)c3C)c(C)c2CCC(=O)[O-])c(CCC(=O)[O-])c1C. The van der Waals surface area contributed by atoms with Gasteiger partial charge < -0.3 is 34.8 Å². The van der Waals surface area contributed by atoms with E-state index in [2.05, 4.69) is 33.1 Å². The lowest BCUT2D eigenvalue weighted by molar-refractivity contribution is -0.307. The number of carbonyl (C=O) groups is 5. The molecule has 0 bridgehead atoms. The number of hydrogen-bond acceptors (Lipinski definition) is 7. The van der Waals surface area contributed by atoms with Crippen molar-refractivity contribution in [3.8, 4) is 0 Å². The second-order valence-electron chi connectivity index (χ2n) is 10.8. The molecule has 1 amide bonds. The Bertz CT molecular complexity index is 1990. The van der Waals surface area contributed by atoms with Gasteiger partial charge in [0.05, 0.1) is 22.8 Å². The molecule has 0 atom stereocenters. The van der Waals surface area contributed by atoms with Crippen LogP contribution in [0.3, 0.4) is 0 Å². The lowest BCUT2D eigenvalue weighted by Crippen LogP contribution is -2.23. The molecule has 3 aromatic rings. The molecule has 4 heterocycles. The molecule has 0 fully saturated rings. The van der Waals surface area contributed by atoms with E-state index in [0.29, 0.717) is 72.9 Å². The van der Waals surface area contributed by atoms with E-state index in [1.807, 2.05) is 0 Å². The third kappa shape index (κ3) is 6.23. The number of H-pyrrole nitrogens is 3. The number of amides is 1. The Kier molecular flexibility index (Phi) is 9.32. The van der Waals surface area contributed by atoms with Crippen LogP contribution in [-0.4, -0.2) is 50.6 Å². The number of nitrogens with zero attached hydrogens (tertiary/aromatic N) is 1. The van der Waals surface area contributed by atoms with Crippen LogP contribution in [0.2, 0.25) is 0 Å². The van der Waals surface area contributed by atoms with Gasteiger partial charge in [-0.05, 0) is 93.3 Å². The third-order valence-corrected chi connectivity index (χ3v) is 8.12. The fraction of sp³-hybridized carbons (Fsp3) is 0.235. The number of carboxylic acids is 2. The summed E-state index contributed by atoms with van der Waals surface area (Å²) in [6.45, 7) is 14.3. The molecule has 4 rings (SSSR count). The summed E-state index contributed by atoms with van der Waals surface area (Å²) in [4.78, 5) is 73.8. The molecule has 0 saturated carbocycles. The van der Waals surface area contributed by atoms with Crippen LogP contribution < -0.4 is 20.9 Å². The number of aliphatic carboxylic acids is 2. The maximum absolute atomic E-state index is 13.8. The second-order valence-corrected chi connectivity index (χ2v) is 10.8.